The zero-order valence-corrected chi connectivity index (χ0v) is 17.5. The number of benzene rings is 1. The summed E-state index contributed by atoms with van der Waals surface area (Å²) in [4.78, 5) is 13.1. The highest BCUT2D eigenvalue weighted by molar-refractivity contribution is 5.95. The van der Waals surface area contributed by atoms with Gasteiger partial charge in [0.15, 0.2) is 0 Å². The Morgan fingerprint density at radius 2 is 2.14 bits per heavy atom. The van der Waals surface area contributed by atoms with Crippen LogP contribution in [0.2, 0.25) is 0 Å². The van der Waals surface area contributed by atoms with Gasteiger partial charge < -0.3 is 5.32 Å². The SMILES string of the molecule is C#CCCC1=NN(C(=O)N[C@H]2C[C@@H]3CC[C@]2(C)C3(C)C)CC1c1ccccc1F. The average molecular weight is 396 g/mol. The molecule has 1 aromatic carbocycles. The Balaban J connectivity index is 1.51. The van der Waals surface area contributed by atoms with Crippen LogP contribution in [-0.4, -0.2) is 29.3 Å². The lowest BCUT2D eigenvalue weighted by molar-refractivity contribution is 0.118. The number of hydrogen-bond donors (Lipinski definition) is 1. The van der Waals surface area contributed by atoms with Crippen LogP contribution < -0.4 is 5.32 Å². The molecule has 3 aliphatic rings. The Morgan fingerprint density at radius 3 is 2.76 bits per heavy atom. The maximum atomic E-state index is 14.4. The van der Waals surface area contributed by atoms with Gasteiger partial charge >= 0.3 is 6.03 Å². The molecule has 0 saturated heterocycles. The lowest BCUT2D eigenvalue weighted by atomic mass is 9.69. The Morgan fingerprint density at radius 1 is 1.38 bits per heavy atom. The van der Waals surface area contributed by atoms with Crippen LogP contribution in [0.4, 0.5) is 9.18 Å². The minimum absolute atomic E-state index is 0.105. The van der Waals surface area contributed by atoms with Gasteiger partial charge in [-0.15, -0.1) is 12.3 Å². The van der Waals surface area contributed by atoms with Gasteiger partial charge in [-0.05, 0) is 54.1 Å². The van der Waals surface area contributed by atoms with Crippen LogP contribution in [0.1, 0.15) is 64.4 Å². The predicted molar refractivity (Wildman–Crippen MR) is 113 cm³/mol. The molecular formula is C24H30FN3O. The van der Waals surface area contributed by atoms with E-state index in [1.165, 1.54) is 17.5 Å². The maximum Gasteiger partial charge on any atom is 0.338 e. The van der Waals surface area contributed by atoms with E-state index in [0.717, 1.165) is 18.6 Å². The number of hydrogen-bond acceptors (Lipinski definition) is 2. The third-order valence-electron chi connectivity index (χ3n) is 8.14. The molecule has 0 aromatic heterocycles. The van der Waals surface area contributed by atoms with Crippen molar-refractivity contribution in [2.24, 2.45) is 21.8 Å². The Hall–Kier alpha value is -2.35. The molecule has 4 nitrogen and oxygen atoms in total. The second-order valence-corrected chi connectivity index (χ2v) is 9.56. The molecule has 1 N–H and O–H groups in total. The van der Waals surface area contributed by atoms with Crippen LogP contribution >= 0.6 is 0 Å². The quantitative estimate of drug-likeness (QED) is 0.723. The van der Waals surface area contributed by atoms with Crippen LogP contribution in [-0.2, 0) is 0 Å². The van der Waals surface area contributed by atoms with E-state index in [1.54, 1.807) is 12.1 Å². The fourth-order valence-electron chi connectivity index (χ4n) is 5.78. The molecule has 4 rings (SSSR count). The van der Waals surface area contributed by atoms with Crippen molar-refractivity contribution in [3.63, 3.8) is 0 Å². The zero-order valence-electron chi connectivity index (χ0n) is 17.5. The molecular weight excluding hydrogens is 365 g/mol. The van der Waals surface area contributed by atoms with Gasteiger partial charge in [0.1, 0.15) is 5.82 Å². The Bertz CT molecular complexity index is 886. The van der Waals surface area contributed by atoms with Crippen LogP contribution in [0.15, 0.2) is 29.4 Å². The van der Waals surface area contributed by atoms with E-state index in [0.29, 0.717) is 30.9 Å². The van der Waals surface area contributed by atoms with Crippen LogP contribution in [0, 0.1) is 34.9 Å². The first-order chi connectivity index (χ1) is 13.8. The number of rotatable bonds is 4. The van der Waals surface area contributed by atoms with Gasteiger partial charge in [0, 0.05) is 24.1 Å². The summed E-state index contributed by atoms with van der Waals surface area (Å²) in [7, 11) is 0. The number of halogens is 1. The predicted octanol–water partition coefficient (Wildman–Crippen LogP) is 4.92. The third kappa shape index (κ3) is 3.13. The normalized spacial score (nSPS) is 32.2. The summed E-state index contributed by atoms with van der Waals surface area (Å²) in [6.07, 6.45) is 9.92. The topological polar surface area (TPSA) is 44.7 Å². The van der Waals surface area contributed by atoms with Crippen LogP contribution in [0.5, 0.6) is 0 Å². The summed E-state index contributed by atoms with van der Waals surface area (Å²) in [6, 6.07) is 6.69. The number of terminal acetylenes is 1. The summed E-state index contributed by atoms with van der Waals surface area (Å²) >= 11 is 0. The minimum atomic E-state index is -0.268. The van der Waals surface area contributed by atoms with Gasteiger partial charge in [-0.3, -0.25) is 0 Å². The number of nitrogens with one attached hydrogen (secondary N) is 1. The molecule has 29 heavy (non-hydrogen) atoms. The van der Waals surface area contributed by atoms with E-state index in [1.807, 2.05) is 6.07 Å². The molecule has 1 aliphatic heterocycles. The summed E-state index contributed by atoms with van der Waals surface area (Å²) in [5, 5.41) is 9.30. The third-order valence-corrected chi connectivity index (χ3v) is 8.14. The second-order valence-electron chi connectivity index (χ2n) is 9.56. The summed E-state index contributed by atoms with van der Waals surface area (Å²) in [6.45, 7) is 7.32. The van der Waals surface area contributed by atoms with Gasteiger partial charge in [0.05, 0.1) is 6.54 Å². The highest BCUT2D eigenvalue weighted by Gasteiger charge is 2.61. The molecule has 4 atom stereocenters. The van der Waals surface area contributed by atoms with E-state index in [-0.39, 0.29) is 34.6 Å². The Labute approximate surface area is 172 Å². The van der Waals surface area contributed by atoms with Crippen molar-refractivity contribution >= 4 is 11.7 Å². The van der Waals surface area contributed by atoms with Crippen molar-refractivity contribution in [3.05, 3.63) is 35.6 Å². The number of hydrazone groups is 1. The Kier molecular flexibility index (Phi) is 4.93. The van der Waals surface area contributed by atoms with Crippen molar-refractivity contribution in [1.29, 1.82) is 0 Å². The molecule has 0 spiro atoms. The largest absolute Gasteiger partial charge is 0.338 e. The number of fused-ring (bicyclic) bond motifs is 2. The van der Waals surface area contributed by atoms with Gasteiger partial charge in [0.2, 0.25) is 0 Å². The molecule has 154 valence electrons. The fourth-order valence-corrected chi connectivity index (χ4v) is 5.78. The maximum absolute atomic E-state index is 14.4. The highest BCUT2D eigenvalue weighted by Crippen LogP contribution is 2.65. The number of carbonyl (C=O) groups is 1. The number of amides is 2. The van der Waals surface area contributed by atoms with Crippen LogP contribution in [0.3, 0.4) is 0 Å². The number of nitrogens with zero attached hydrogens (tertiary/aromatic N) is 2. The first-order valence-corrected chi connectivity index (χ1v) is 10.6. The molecule has 0 radical (unpaired) electrons. The van der Waals surface area contributed by atoms with Gasteiger partial charge in [0.25, 0.3) is 0 Å². The minimum Gasteiger partial charge on any atom is -0.333 e. The zero-order chi connectivity index (χ0) is 20.8. The smallest absolute Gasteiger partial charge is 0.333 e. The standard InChI is InChI=1S/C24H30FN3O/c1-5-6-11-20-18(17-9-7-8-10-19(17)25)15-28(27-20)22(29)26-21-14-16-12-13-24(21,4)23(16,2)3/h1,7-10,16,18,21H,6,11-15H2,2-4H3,(H,26,29)/t16-,18?,21-,24-/m0/s1. The average Bonchev–Trinajstić information content (AvgIpc) is 3.26. The molecule has 2 fully saturated rings. The monoisotopic (exact) mass is 395 g/mol. The van der Waals surface area contributed by atoms with E-state index < -0.39 is 0 Å². The summed E-state index contributed by atoms with van der Waals surface area (Å²) in [5.74, 6) is 2.76. The van der Waals surface area contributed by atoms with Gasteiger partial charge in [-0.25, -0.2) is 14.2 Å². The van der Waals surface area contributed by atoms with Crippen molar-refractivity contribution in [3.8, 4) is 12.3 Å². The second kappa shape index (κ2) is 7.16. The van der Waals surface area contributed by atoms with E-state index in [2.05, 4.69) is 37.1 Å². The summed E-state index contributed by atoms with van der Waals surface area (Å²) in [5.41, 5.74) is 1.69. The fraction of sp³-hybridized carbons (Fsp3) is 0.583. The highest BCUT2D eigenvalue weighted by atomic mass is 19.1. The lowest BCUT2D eigenvalue weighted by Crippen LogP contribution is -2.50. The molecule has 1 heterocycles. The first-order valence-electron chi connectivity index (χ1n) is 10.6. The molecule has 5 heteroatoms. The molecule has 2 saturated carbocycles. The van der Waals surface area contributed by atoms with E-state index in [4.69, 9.17) is 6.42 Å². The molecule has 1 unspecified atom stereocenters. The summed E-state index contributed by atoms with van der Waals surface area (Å²) < 4.78 is 14.4. The lowest BCUT2D eigenvalue weighted by Gasteiger charge is -2.39. The van der Waals surface area contributed by atoms with Crippen LogP contribution in [0.25, 0.3) is 0 Å². The van der Waals surface area contributed by atoms with Crippen molar-refractivity contribution in [2.75, 3.05) is 6.54 Å². The van der Waals surface area contributed by atoms with Crippen molar-refractivity contribution in [1.82, 2.24) is 10.3 Å². The number of carbonyl (C=O) groups excluding carboxylic acids is 1. The van der Waals surface area contributed by atoms with E-state index >= 15 is 0 Å². The first kappa shape index (κ1) is 19.9. The number of urea groups is 1. The van der Waals surface area contributed by atoms with Gasteiger partial charge in [-0.1, -0.05) is 39.0 Å². The molecule has 1 aromatic rings. The van der Waals surface area contributed by atoms with Gasteiger partial charge in [-0.2, -0.15) is 5.10 Å². The van der Waals surface area contributed by atoms with Crippen molar-refractivity contribution in [2.45, 2.75) is 64.8 Å². The van der Waals surface area contributed by atoms with E-state index in [9.17, 15) is 9.18 Å². The molecule has 2 amide bonds. The molecule has 2 aliphatic carbocycles. The van der Waals surface area contributed by atoms with Crippen molar-refractivity contribution < 1.29 is 9.18 Å². The molecule has 2 bridgehead atoms.